The summed E-state index contributed by atoms with van der Waals surface area (Å²) in [4.78, 5) is 23.5. The van der Waals surface area contributed by atoms with Crippen LogP contribution in [0.4, 0.5) is 16.6 Å². The molecule has 2 aromatic heterocycles. The Bertz CT molecular complexity index is 1590. The molecule has 0 aliphatic heterocycles. The number of benzene rings is 2. The number of carbonyl (C=O) groups is 1. The summed E-state index contributed by atoms with van der Waals surface area (Å²) in [5, 5.41) is 3.81. The van der Waals surface area contributed by atoms with E-state index in [2.05, 4.69) is 42.9 Å². The Kier molecular flexibility index (Phi) is 7.19. The van der Waals surface area contributed by atoms with Gasteiger partial charge in [0.25, 0.3) is 10.0 Å². The molecular weight excluding hydrogens is 576 g/mol. The number of hydrogen-bond acceptors (Lipinski definition) is 8. The maximum absolute atomic E-state index is 13.2. The third kappa shape index (κ3) is 5.34. The van der Waals surface area contributed by atoms with E-state index >= 15 is 0 Å². The van der Waals surface area contributed by atoms with E-state index < -0.39 is 16.0 Å². The number of nitrogens with zero attached hydrogens (tertiary/aromatic N) is 2. The van der Waals surface area contributed by atoms with Crippen molar-refractivity contribution in [1.82, 2.24) is 9.97 Å². The molecule has 2 heterocycles. The standard InChI is InChI=1S/C26H25BrN4O4S2/c1-3-35-26(32)22-18-13-8-15(2)14-21(18)36-25(22)30-23-24(29-20-7-5-4-6-19(20)28-23)31-37(33,34)17-11-9-16(27)10-12-17/h4-7,9-12,15H,3,8,13-14H2,1-2H3,(H,28,30)(H,29,31). The van der Waals surface area contributed by atoms with Crippen LogP contribution in [0.3, 0.4) is 0 Å². The van der Waals surface area contributed by atoms with Crippen LogP contribution in [-0.2, 0) is 27.6 Å². The lowest BCUT2D eigenvalue weighted by molar-refractivity contribution is 0.0526. The van der Waals surface area contributed by atoms with Gasteiger partial charge in [0.1, 0.15) is 5.00 Å². The van der Waals surface area contributed by atoms with Crippen molar-refractivity contribution in [1.29, 1.82) is 0 Å². The molecule has 11 heteroatoms. The minimum absolute atomic E-state index is 0.0381. The Hall–Kier alpha value is -3.02. The summed E-state index contributed by atoms with van der Waals surface area (Å²) < 4.78 is 35.2. The molecule has 0 radical (unpaired) electrons. The highest BCUT2D eigenvalue weighted by molar-refractivity contribution is 9.10. The van der Waals surface area contributed by atoms with Crippen molar-refractivity contribution >= 4 is 70.9 Å². The van der Waals surface area contributed by atoms with Crippen LogP contribution >= 0.6 is 27.3 Å². The molecule has 0 spiro atoms. The van der Waals surface area contributed by atoms with Gasteiger partial charge in [-0.05, 0) is 74.1 Å². The van der Waals surface area contributed by atoms with Crippen LogP contribution in [0.2, 0.25) is 0 Å². The summed E-state index contributed by atoms with van der Waals surface area (Å²) >= 11 is 4.81. The van der Waals surface area contributed by atoms with Crippen LogP contribution in [-0.4, -0.2) is 31.0 Å². The predicted molar refractivity (Wildman–Crippen MR) is 149 cm³/mol. The van der Waals surface area contributed by atoms with Gasteiger partial charge in [0.05, 0.1) is 28.1 Å². The number of halogens is 1. The largest absolute Gasteiger partial charge is 0.462 e. The van der Waals surface area contributed by atoms with E-state index in [4.69, 9.17) is 4.74 Å². The van der Waals surface area contributed by atoms with E-state index in [1.807, 2.05) is 12.1 Å². The lowest BCUT2D eigenvalue weighted by Gasteiger charge is -2.18. The maximum Gasteiger partial charge on any atom is 0.341 e. The first-order valence-corrected chi connectivity index (χ1v) is 15.0. The number of nitrogens with one attached hydrogen (secondary N) is 2. The number of ether oxygens (including phenoxy) is 1. The molecule has 2 N–H and O–H groups in total. The zero-order chi connectivity index (χ0) is 26.2. The molecule has 0 amide bonds. The Morgan fingerprint density at radius 2 is 1.78 bits per heavy atom. The monoisotopic (exact) mass is 600 g/mol. The van der Waals surface area contributed by atoms with Crippen molar-refractivity contribution in [2.45, 2.75) is 38.0 Å². The van der Waals surface area contributed by atoms with Gasteiger partial charge in [0.2, 0.25) is 0 Å². The van der Waals surface area contributed by atoms with Crippen molar-refractivity contribution in [3.63, 3.8) is 0 Å². The molecule has 192 valence electrons. The Morgan fingerprint density at radius 3 is 2.46 bits per heavy atom. The van der Waals surface area contributed by atoms with Crippen LogP contribution in [0.25, 0.3) is 11.0 Å². The average Bonchev–Trinajstić information content (AvgIpc) is 3.21. The van der Waals surface area contributed by atoms with E-state index in [1.54, 1.807) is 31.2 Å². The first kappa shape index (κ1) is 25.6. The number of rotatable bonds is 7. The molecule has 0 saturated heterocycles. The minimum atomic E-state index is -3.96. The number of anilines is 3. The molecule has 5 rings (SSSR count). The molecule has 1 atom stereocenters. The van der Waals surface area contributed by atoms with Gasteiger partial charge in [-0.25, -0.2) is 23.2 Å². The molecular formula is C26H25BrN4O4S2. The van der Waals surface area contributed by atoms with Crippen LogP contribution < -0.4 is 10.0 Å². The SMILES string of the molecule is CCOC(=O)c1c(Nc2nc3ccccc3nc2NS(=O)(=O)c2ccc(Br)cc2)sc2c1CCC(C)C2. The lowest BCUT2D eigenvalue weighted by Crippen LogP contribution is -2.16. The molecule has 0 saturated carbocycles. The normalized spacial score (nSPS) is 15.3. The summed E-state index contributed by atoms with van der Waals surface area (Å²) in [5.41, 5.74) is 2.61. The number of aromatic nitrogens is 2. The van der Waals surface area contributed by atoms with Crippen LogP contribution in [0.1, 0.15) is 41.1 Å². The van der Waals surface area contributed by atoms with Crippen LogP contribution in [0, 0.1) is 5.92 Å². The number of fused-ring (bicyclic) bond motifs is 2. The number of hydrogen-bond donors (Lipinski definition) is 2. The number of sulfonamides is 1. The zero-order valence-electron chi connectivity index (χ0n) is 20.2. The van der Waals surface area contributed by atoms with Crippen molar-refractivity contribution in [3.05, 3.63) is 69.0 Å². The lowest BCUT2D eigenvalue weighted by atomic mass is 9.88. The molecule has 8 nitrogen and oxygen atoms in total. The Morgan fingerprint density at radius 1 is 1.11 bits per heavy atom. The van der Waals surface area contributed by atoms with E-state index in [9.17, 15) is 13.2 Å². The van der Waals surface area contributed by atoms with Crippen molar-refractivity contribution in [3.8, 4) is 0 Å². The molecule has 1 unspecified atom stereocenters. The van der Waals surface area contributed by atoms with Gasteiger partial charge in [-0.2, -0.15) is 0 Å². The molecule has 1 aliphatic carbocycles. The zero-order valence-corrected chi connectivity index (χ0v) is 23.5. The van der Waals surface area contributed by atoms with E-state index in [1.165, 1.54) is 23.5 Å². The molecule has 37 heavy (non-hydrogen) atoms. The van der Waals surface area contributed by atoms with Gasteiger partial charge in [0, 0.05) is 9.35 Å². The quantitative estimate of drug-likeness (QED) is 0.239. The first-order valence-electron chi connectivity index (χ1n) is 11.9. The summed E-state index contributed by atoms with van der Waals surface area (Å²) in [5.74, 6) is 0.360. The summed E-state index contributed by atoms with van der Waals surface area (Å²) in [6.45, 7) is 4.23. The van der Waals surface area contributed by atoms with Crippen LogP contribution in [0.5, 0.6) is 0 Å². The third-order valence-electron chi connectivity index (χ3n) is 6.15. The topological polar surface area (TPSA) is 110 Å². The van der Waals surface area contributed by atoms with Gasteiger partial charge >= 0.3 is 5.97 Å². The molecule has 0 bridgehead atoms. The van der Waals surface area contributed by atoms with E-state index in [0.717, 1.165) is 34.2 Å². The second kappa shape index (κ2) is 10.4. The van der Waals surface area contributed by atoms with Crippen molar-refractivity contribution in [2.75, 3.05) is 16.6 Å². The van der Waals surface area contributed by atoms with Gasteiger partial charge in [-0.3, -0.25) is 4.72 Å². The second-order valence-electron chi connectivity index (χ2n) is 8.87. The summed E-state index contributed by atoms with van der Waals surface area (Å²) in [7, 11) is -3.96. The molecule has 1 aliphatic rings. The van der Waals surface area contributed by atoms with Crippen molar-refractivity contribution < 1.29 is 17.9 Å². The Labute approximate surface area is 227 Å². The molecule has 0 fully saturated rings. The summed E-state index contributed by atoms with van der Waals surface area (Å²) in [6.07, 6.45) is 2.65. The fourth-order valence-electron chi connectivity index (χ4n) is 4.32. The average molecular weight is 602 g/mol. The Balaban J connectivity index is 1.60. The molecule has 2 aromatic carbocycles. The van der Waals surface area contributed by atoms with E-state index in [-0.39, 0.29) is 23.1 Å². The van der Waals surface area contributed by atoms with Gasteiger partial charge < -0.3 is 10.1 Å². The smallest absolute Gasteiger partial charge is 0.341 e. The number of carbonyl (C=O) groups excluding carboxylic acids is 1. The van der Waals surface area contributed by atoms with Gasteiger partial charge in [-0.1, -0.05) is 35.0 Å². The highest BCUT2D eigenvalue weighted by atomic mass is 79.9. The number of para-hydroxylation sites is 2. The van der Waals surface area contributed by atoms with Gasteiger partial charge in [0.15, 0.2) is 11.6 Å². The number of esters is 1. The third-order valence-corrected chi connectivity index (χ3v) is 9.20. The fraction of sp³-hybridized carbons (Fsp3) is 0.269. The minimum Gasteiger partial charge on any atom is -0.462 e. The highest BCUT2D eigenvalue weighted by Crippen LogP contribution is 2.42. The fourth-order valence-corrected chi connectivity index (χ4v) is 7.00. The summed E-state index contributed by atoms with van der Waals surface area (Å²) in [6, 6.07) is 13.5. The second-order valence-corrected chi connectivity index (χ2v) is 12.6. The van der Waals surface area contributed by atoms with Crippen LogP contribution in [0.15, 0.2) is 57.9 Å². The van der Waals surface area contributed by atoms with Crippen molar-refractivity contribution in [2.24, 2.45) is 5.92 Å². The maximum atomic E-state index is 13.2. The predicted octanol–water partition coefficient (Wildman–Crippen LogP) is 6.30. The molecule has 4 aromatic rings. The number of thiophene rings is 1. The first-order chi connectivity index (χ1) is 17.7. The highest BCUT2D eigenvalue weighted by Gasteiger charge is 2.29. The van der Waals surface area contributed by atoms with Gasteiger partial charge in [-0.15, -0.1) is 11.3 Å². The van der Waals surface area contributed by atoms with E-state index in [0.29, 0.717) is 27.5 Å².